The summed E-state index contributed by atoms with van der Waals surface area (Å²) in [5.41, 5.74) is 0.687. The summed E-state index contributed by atoms with van der Waals surface area (Å²) in [5.74, 6) is -6.36. The Kier molecular flexibility index (Phi) is 8.86. The highest BCUT2D eigenvalue weighted by atomic mass is 32.2. The number of carbonyl (C=O) groups is 2. The summed E-state index contributed by atoms with van der Waals surface area (Å²) in [4.78, 5) is 25.9. The van der Waals surface area contributed by atoms with Crippen molar-refractivity contribution < 1.29 is 27.2 Å². The van der Waals surface area contributed by atoms with E-state index in [2.05, 4.69) is 10.6 Å². The zero-order valence-corrected chi connectivity index (χ0v) is 18.5. The fourth-order valence-corrected chi connectivity index (χ4v) is 4.81. The molecule has 1 aliphatic carbocycles. The number of hydrogen-bond acceptors (Lipinski definition) is 4. The van der Waals surface area contributed by atoms with Crippen LogP contribution in [0.5, 0.6) is 0 Å². The summed E-state index contributed by atoms with van der Waals surface area (Å²) in [7, 11) is 0. The average Bonchev–Trinajstić information content (AvgIpc) is 2.76. The van der Waals surface area contributed by atoms with E-state index in [0.29, 0.717) is 70.4 Å². The van der Waals surface area contributed by atoms with Gasteiger partial charge in [-0.1, -0.05) is 47.8 Å². The Hall–Kier alpha value is -2.20. The highest BCUT2D eigenvalue weighted by Gasteiger charge is 2.30. The van der Waals surface area contributed by atoms with Gasteiger partial charge in [0, 0.05) is 21.6 Å². The van der Waals surface area contributed by atoms with Crippen molar-refractivity contribution in [3.63, 3.8) is 0 Å². The Morgan fingerprint density at radius 1 is 0.688 bits per heavy atom. The number of benzene rings is 2. The van der Waals surface area contributed by atoms with Crippen LogP contribution in [-0.4, -0.2) is 23.3 Å². The van der Waals surface area contributed by atoms with Gasteiger partial charge < -0.3 is 10.6 Å². The second kappa shape index (κ2) is 11.6. The molecule has 10 heteroatoms. The van der Waals surface area contributed by atoms with Gasteiger partial charge in [0.05, 0.1) is 11.4 Å². The van der Waals surface area contributed by atoms with Crippen LogP contribution in [0.1, 0.15) is 25.7 Å². The van der Waals surface area contributed by atoms with Gasteiger partial charge in [0.1, 0.15) is 0 Å². The minimum atomic E-state index is -2.59. The number of thioether (sulfide) groups is 2. The molecule has 2 amide bonds. The number of nitrogens with one attached hydrogen (secondary N) is 2. The van der Waals surface area contributed by atoms with Gasteiger partial charge in [0.2, 0.25) is 11.8 Å². The minimum Gasteiger partial charge on any atom is -0.325 e. The Balaban J connectivity index is 1.54. The van der Waals surface area contributed by atoms with Gasteiger partial charge in [-0.25, -0.2) is 0 Å². The highest BCUT2D eigenvalue weighted by molar-refractivity contribution is 8.00. The number of rotatable bonds is 8. The molecule has 0 heterocycles. The third-order valence-corrected chi connectivity index (χ3v) is 6.77. The van der Waals surface area contributed by atoms with Gasteiger partial charge in [0.15, 0.2) is 0 Å². The molecule has 0 unspecified atom stereocenters. The molecule has 1 fully saturated rings. The summed E-state index contributed by atoms with van der Waals surface area (Å²) in [6.45, 7) is 0. The summed E-state index contributed by atoms with van der Waals surface area (Å²) >= 11 is 0.748. The van der Waals surface area contributed by atoms with E-state index < -0.39 is 11.5 Å². The van der Waals surface area contributed by atoms with Gasteiger partial charge in [-0.2, -0.15) is 17.6 Å². The molecule has 2 N–H and O–H groups in total. The number of para-hydroxylation sites is 2. The van der Waals surface area contributed by atoms with E-state index in [1.54, 1.807) is 36.4 Å². The van der Waals surface area contributed by atoms with Crippen LogP contribution in [-0.2, 0) is 9.59 Å². The molecule has 0 aliphatic heterocycles. The molecule has 1 aliphatic rings. The molecule has 1 saturated carbocycles. The van der Waals surface area contributed by atoms with Gasteiger partial charge >= 0.3 is 0 Å². The van der Waals surface area contributed by atoms with Crippen molar-refractivity contribution in [1.82, 2.24) is 0 Å². The fourth-order valence-electron chi connectivity index (χ4n) is 3.62. The van der Waals surface area contributed by atoms with Crippen LogP contribution in [0.25, 0.3) is 0 Å². The highest BCUT2D eigenvalue weighted by Crippen LogP contribution is 2.35. The molecule has 0 spiro atoms. The topological polar surface area (TPSA) is 58.2 Å². The molecular weight excluding hydrogens is 464 g/mol. The first-order valence-electron chi connectivity index (χ1n) is 10.0. The predicted octanol–water partition coefficient (Wildman–Crippen LogP) is 6.70. The lowest BCUT2D eigenvalue weighted by molar-refractivity contribution is -0.125. The number of anilines is 2. The van der Waals surface area contributed by atoms with Crippen molar-refractivity contribution >= 4 is 46.7 Å². The van der Waals surface area contributed by atoms with E-state index in [1.807, 2.05) is 0 Å². The smallest absolute Gasteiger partial charge is 0.288 e. The summed E-state index contributed by atoms with van der Waals surface area (Å²) in [6, 6.07) is 12.8. The van der Waals surface area contributed by atoms with Gasteiger partial charge in [-0.05, 0) is 49.9 Å². The molecule has 0 aromatic heterocycles. The maximum absolute atomic E-state index is 12.7. The first kappa shape index (κ1) is 24.4. The molecule has 2 aromatic carbocycles. The summed E-state index contributed by atoms with van der Waals surface area (Å²) in [6.07, 6.45) is 1.89. The molecule has 172 valence electrons. The van der Waals surface area contributed by atoms with Crippen molar-refractivity contribution in [3.8, 4) is 0 Å². The molecule has 0 bridgehead atoms. The normalized spacial score (nSPS) is 18.6. The first-order valence-corrected chi connectivity index (χ1v) is 11.8. The van der Waals surface area contributed by atoms with Gasteiger partial charge in [-0.15, -0.1) is 0 Å². The van der Waals surface area contributed by atoms with E-state index in [9.17, 15) is 27.2 Å². The van der Waals surface area contributed by atoms with Crippen LogP contribution < -0.4 is 10.6 Å². The van der Waals surface area contributed by atoms with Crippen molar-refractivity contribution in [2.24, 2.45) is 11.8 Å². The Bertz CT molecular complexity index is 862. The van der Waals surface area contributed by atoms with Crippen molar-refractivity contribution in [1.29, 1.82) is 0 Å². The molecule has 2 aromatic rings. The zero-order chi connectivity index (χ0) is 23.1. The van der Waals surface area contributed by atoms with Gasteiger partial charge in [-0.3, -0.25) is 9.59 Å². The summed E-state index contributed by atoms with van der Waals surface area (Å²) in [5, 5.41) is 5.46. The van der Waals surface area contributed by atoms with Crippen LogP contribution in [0, 0.1) is 11.8 Å². The second-order valence-corrected chi connectivity index (χ2v) is 9.34. The van der Waals surface area contributed by atoms with Crippen molar-refractivity contribution in [3.05, 3.63) is 48.5 Å². The largest absolute Gasteiger partial charge is 0.325 e. The van der Waals surface area contributed by atoms with Crippen molar-refractivity contribution in [2.45, 2.75) is 47.0 Å². The Morgan fingerprint density at radius 3 is 1.38 bits per heavy atom. The maximum atomic E-state index is 12.7. The third-order valence-electron chi connectivity index (χ3n) is 5.19. The number of halogens is 4. The minimum absolute atomic E-state index is 0.259. The van der Waals surface area contributed by atoms with E-state index in [0.717, 1.165) is 0 Å². The lowest BCUT2D eigenvalue weighted by Gasteiger charge is -2.27. The molecule has 4 nitrogen and oxygen atoms in total. The van der Waals surface area contributed by atoms with E-state index >= 15 is 0 Å². The van der Waals surface area contributed by atoms with Crippen LogP contribution >= 0.6 is 23.5 Å². The molecule has 0 radical (unpaired) electrons. The quantitative estimate of drug-likeness (QED) is 0.322. The third kappa shape index (κ3) is 6.90. The average molecular weight is 487 g/mol. The Labute approximate surface area is 191 Å². The van der Waals surface area contributed by atoms with Crippen molar-refractivity contribution in [2.75, 3.05) is 10.6 Å². The second-order valence-electron chi connectivity index (χ2n) is 7.28. The van der Waals surface area contributed by atoms with Crippen LogP contribution in [0.3, 0.4) is 0 Å². The maximum Gasteiger partial charge on any atom is 0.288 e. The molecule has 3 rings (SSSR count). The standard InChI is InChI=1S/C22H22F4N2O2S2/c23-21(24)31-17-7-3-1-5-15(17)27-19(29)13-9-11-14(12-10-13)20(30)28-16-6-2-4-8-18(16)32-22(25)26/h1-8,13-14,21-22H,9-12H2,(H,27,29)(H,28,30). The van der Waals surface area contributed by atoms with Crippen LogP contribution in [0.4, 0.5) is 28.9 Å². The molecule has 0 atom stereocenters. The fraction of sp³-hybridized carbons (Fsp3) is 0.364. The first-order chi connectivity index (χ1) is 15.3. The number of carbonyl (C=O) groups excluding carboxylic acids is 2. The van der Waals surface area contributed by atoms with Gasteiger partial charge in [0.25, 0.3) is 11.5 Å². The molecule has 32 heavy (non-hydrogen) atoms. The van der Waals surface area contributed by atoms with E-state index in [-0.39, 0.29) is 23.7 Å². The number of amides is 2. The SMILES string of the molecule is O=C(Nc1ccccc1SC(F)F)C1CCC(C(=O)Nc2ccccc2SC(F)F)CC1. The van der Waals surface area contributed by atoms with Crippen LogP contribution in [0.15, 0.2) is 58.3 Å². The van der Waals surface area contributed by atoms with E-state index in [4.69, 9.17) is 0 Å². The van der Waals surface area contributed by atoms with Crippen LogP contribution in [0.2, 0.25) is 0 Å². The number of hydrogen-bond donors (Lipinski definition) is 2. The molecule has 0 saturated heterocycles. The predicted molar refractivity (Wildman–Crippen MR) is 119 cm³/mol. The number of alkyl halides is 4. The lowest BCUT2D eigenvalue weighted by Crippen LogP contribution is -2.32. The Morgan fingerprint density at radius 2 is 1.03 bits per heavy atom. The molecular formula is C22H22F4N2O2S2. The van der Waals surface area contributed by atoms with E-state index in [1.165, 1.54) is 12.1 Å². The lowest BCUT2D eigenvalue weighted by atomic mass is 9.81. The summed E-state index contributed by atoms with van der Waals surface area (Å²) < 4.78 is 50.9. The zero-order valence-electron chi connectivity index (χ0n) is 16.9. The monoisotopic (exact) mass is 486 g/mol.